The Bertz CT molecular complexity index is 365. The van der Waals surface area contributed by atoms with Crippen molar-refractivity contribution in [1.29, 1.82) is 0 Å². The molecule has 0 aromatic rings. The highest BCUT2D eigenvalue weighted by atomic mass is 32.2. The summed E-state index contributed by atoms with van der Waals surface area (Å²) in [5, 5.41) is 8.81. The number of amides is 2. The van der Waals surface area contributed by atoms with Gasteiger partial charge in [0, 0.05) is 24.6 Å². The standard InChI is InChI=1S/C11H17F3N2O3S/c1-2-15(7-11(12,13)14)10(19)16-3-4-20-6-8(16)5-9(17)18/h8H,2-7H2,1H3,(H,17,18). The van der Waals surface area contributed by atoms with Crippen molar-refractivity contribution in [1.82, 2.24) is 9.80 Å². The average molecular weight is 314 g/mol. The third-order valence-electron chi connectivity index (χ3n) is 2.91. The van der Waals surface area contributed by atoms with E-state index < -0.39 is 30.8 Å². The van der Waals surface area contributed by atoms with E-state index in [4.69, 9.17) is 5.11 Å². The second-order valence-corrected chi connectivity index (χ2v) is 5.58. The molecule has 0 saturated carbocycles. The number of rotatable bonds is 4. The third kappa shape index (κ3) is 5.10. The largest absolute Gasteiger partial charge is 0.481 e. The summed E-state index contributed by atoms with van der Waals surface area (Å²) in [5.74, 6) is -0.0262. The monoisotopic (exact) mass is 314 g/mol. The topological polar surface area (TPSA) is 60.9 Å². The molecule has 1 atom stereocenters. The molecule has 2 amide bonds. The molecule has 20 heavy (non-hydrogen) atoms. The van der Waals surface area contributed by atoms with Crippen LogP contribution in [-0.2, 0) is 4.79 Å². The Balaban J connectivity index is 2.76. The van der Waals surface area contributed by atoms with Crippen LogP contribution < -0.4 is 0 Å². The number of carboxylic acid groups (broad SMARTS) is 1. The van der Waals surface area contributed by atoms with E-state index in [-0.39, 0.29) is 19.5 Å². The van der Waals surface area contributed by atoms with Crippen LogP contribution in [0.3, 0.4) is 0 Å². The van der Waals surface area contributed by atoms with Gasteiger partial charge in [0.2, 0.25) is 0 Å². The molecule has 1 aliphatic heterocycles. The minimum absolute atomic E-state index is 0.0677. The molecule has 0 aromatic heterocycles. The zero-order valence-electron chi connectivity index (χ0n) is 11.0. The second kappa shape index (κ2) is 7.05. The van der Waals surface area contributed by atoms with E-state index in [0.29, 0.717) is 16.4 Å². The highest BCUT2D eigenvalue weighted by Crippen LogP contribution is 2.22. The van der Waals surface area contributed by atoms with Gasteiger partial charge in [-0.25, -0.2) is 4.79 Å². The van der Waals surface area contributed by atoms with E-state index in [0.717, 1.165) is 0 Å². The molecular formula is C11H17F3N2O3S. The van der Waals surface area contributed by atoms with Crippen LogP contribution in [0.5, 0.6) is 0 Å². The summed E-state index contributed by atoms with van der Waals surface area (Å²) in [6.07, 6.45) is -4.71. The number of carbonyl (C=O) groups excluding carboxylic acids is 1. The normalized spacial score (nSPS) is 19.8. The van der Waals surface area contributed by atoms with Crippen LogP contribution in [0.4, 0.5) is 18.0 Å². The van der Waals surface area contributed by atoms with Gasteiger partial charge in [-0.05, 0) is 6.92 Å². The molecule has 9 heteroatoms. The van der Waals surface area contributed by atoms with Crippen LogP contribution in [0.25, 0.3) is 0 Å². The van der Waals surface area contributed by atoms with Crippen LogP contribution in [-0.4, -0.2) is 70.3 Å². The fourth-order valence-electron chi connectivity index (χ4n) is 1.99. The number of carboxylic acids is 1. The van der Waals surface area contributed by atoms with E-state index >= 15 is 0 Å². The lowest BCUT2D eigenvalue weighted by Gasteiger charge is -2.38. The Hall–Kier alpha value is -1.12. The predicted molar refractivity (Wildman–Crippen MR) is 68.8 cm³/mol. The number of nitrogens with zero attached hydrogens (tertiary/aromatic N) is 2. The fourth-order valence-corrected chi connectivity index (χ4v) is 3.05. The Morgan fingerprint density at radius 2 is 2.10 bits per heavy atom. The smallest absolute Gasteiger partial charge is 0.406 e. The maximum absolute atomic E-state index is 12.4. The summed E-state index contributed by atoms with van der Waals surface area (Å²) in [6.45, 7) is 0.359. The number of hydrogen-bond acceptors (Lipinski definition) is 3. The van der Waals surface area contributed by atoms with Gasteiger partial charge < -0.3 is 14.9 Å². The zero-order chi connectivity index (χ0) is 15.3. The van der Waals surface area contributed by atoms with Crippen molar-refractivity contribution in [3.63, 3.8) is 0 Å². The fraction of sp³-hybridized carbons (Fsp3) is 0.818. The summed E-state index contributed by atoms with van der Waals surface area (Å²) in [5.41, 5.74) is 0. The number of carbonyl (C=O) groups is 2. The number of alkyl halides is 3. The van der Waals surface area contributed by atoms with E-state index in [1.165, 1.54) is 23.6 Å². The molecule has 0 bridgehead atoms. The first kappa shape index (κ1) is 16.9. The Morgan fingerprint density at radius 1 is 1.45 bits per heavy atom. The SMILES string of the molecule is CCN(CC(F)(F)F)C(=O)N1CCSCC1CC(=O)O. The maximum Gasteiger partial charge on any atom is 0.406 e. The van der Waals surface area contributed by atoms with Gasteiger partial charge in [0.25, 0.3) is 0 Å². The molecule has 116 valence electrons. The molecular weight excluding hydrogens is 297 g/mol. The Labute approximate surface area is 119 Å². The molecule has 0 radical (unpaired) electrons. The molecule has 0 spiro atoms. The number of urea groups is 1. The van der Waals surface area contributed by atoms with Gasteiger partial charge in [0.1, 0.15) is 6.54 Å². The molecule has 1 N–H and O–H groups in total. The molecule has 1 heterocycles. The van der Waals surface area contributed by atoms with E-state index in [2.05, 4.69) is 0 Å². The van der Waals surface area contributed by atoms with Crippen molar-refractivity contribution in [2.45, 2.75) is 25.6 Å². The molecule has 5 nitrogen and oxygen atoms in total. The molecule has 1 unspecified atom stereocenters. The van der Waals surface area contributed by atoms with Gasteiger partial charge in [0.15, 0.2) is 0 Å². The van der Waals surface area contributed by atoms with E-state index in [1.807, 2.05) is 0 Å². The number of thioether (sulfide) groups is 1. The lowest BCUT2D eigenvalue weighted by molar-refractivity contribution is -0.142. The minimum atomic E-state index is -4.46. The van der Waals surface area contributed by atoms with Crippen molar-refractivity contribution in [2.75, 3.05) is 31.1 Å². The highest BCUT2D eigenvalue weighted by Gasteiger charge is 2.36. The van der Waals surface area contributed by atoms with Crippen LogP contribution in [0.1, 0.15) is 13.3 Å². The van der Waals surface area contributed by atoms with Crippen LogP contribution in [0.2, 0.25) is 0 Å². The maximum atomic E-state index is 12.4. The van der Waals surface area contributed by atoms with Crippen molar-refractivity contribution in [3.8, 4) is 0 Å². The lowest BCUT2D eigenvalue weighted by atomic mass is 10.2. The van der Waals surface area contributed by atoms with Gasteiger partial charge in [-0.15, -0.1) is 0 Å². The van der Waals surface area contributed by atoms with Crippen LogP contribution in [0, 0.1) is 0 Å². The summed E-state index contributed by atoms with van der Waals surface area (Å²) < 4.78 is 37.3. The minimum Gasteiger partial charge on any atom is -0.481 e. The summed E-state index contributed by atoms with van der Waals surface area (Å²) in [7, 11) is 0. The van der Waals surface area contributed by atoms with Crippen LogP contribution >= 0.6 is 11.8 Å². The Kier molecular flexibility index (Phi) is 5.97. The number of aliphatic carboxylic acids is 1. The van der Waals surface area contributed by atoms with Crippen molar-refractivity contribution >= 4 is 23.8 Å². The van der Waals surface area contributed by atoms with Gasteiger partial charge in [0.05, 0.1) is 12.5 Å². The predicted octanol–water partition coefficient (Wildman–Crippen LogP) is 1.88. The van der Waals surface area contributed by atoms with Crippen molar-refractivity contribution < 1.29 is 27.9 Å². The summed E-state index contributed by atoms with van der Waals surface area (Å²) in [6, 6.07) is -1.29. The molecule has 1 rings (SSSR count). The van der Waals surface area contributed by atoms with Crippen LogP contribution in [0.15, 0.2) is 0 Å². The summed E-state index contributed by atoms with van der Waals surface area (Å²) in [4.78, 5) is 24.9. The summed E-state index contributed by atoms with van der Waals surface area (Å²) >= 11 is 1.50. The quantitative estimate of drug-likeness (QED) is 0.861. The second-order valence-electron chi connectivity index (χ2n) is 4.43. The zero-order valence-corrected chi connectivity index (χ0v) is 11.8. The first-order valence-electron chi connectivity index (χ1n) is 6.16. The molecule has 1 fully saturated rings. The van der Waals surface area contributed by atoms with E-state index in [1.54, 1.807) is 0 Å². The molecule has 0 aliphatic carbocycles. The highest BCUT2D eigenvalue weighted by molar-refractivity contribution is 7.99. The average Bonchev–Trinajstić information content (AvgIpc) is 2.34. The lowest BCUT2D eigenvalue weighted by Crippen LogP contribution is -2.54. The van der Waals surface area contributed by atoms with Gasteiger partial charge in [-0.3, -0.25) is 4.79 Å². The Morgan fingerprint density at radius 3 is 2.60 bits per heavy atom. The van der Waals surface area contributed by atoms with Crippen molar-refractivity contribution in [3.05, 3.63) is 0 Å². The number of halogens is 3. The first-order valence-corrected chi connectivity index (χ1v) is 7.32. The van der Waals surface area contributed by atoms with Gasteiger partial charge >= 0.3 is 18.2 Å². The van der Waals surface area contributed by atoms with Crippen molar-refractivity contribution in [2.24, 2.45) is 0 Å². The molecule has 1 aliphatic rings. The number of hydrogen-bond donors (Lipinski definition) is 1. The third-order valence-corrected chi connectivity index (χ3v) is 4.00. The molecule has 1 saturated heterocycles. The van der Waals surface area contributed by atoms with E-state index in [9.17, 15) is 22.8 Å². The first-order chi connectivity index (χ1) is 9.24. The van der Waals surface area contributed by atoms with Gasteiger partial charge in [-0.2, -0.15) is 24.9 Å². The van der Waals surface area contributed by atoms with Gasteiger partial charge in [-0.1, -0.05) is 0 Å². The molecule has 0 aromatic carbocycles.